The van der Waals surface area contributed by atoms with E-state index in [0.717, 1.165) is 13.0 Å². The van der Waals surface area contributed by atoms with E-state index in [9.17, 15) is 4.79 Å². The van der Waals surface area contributed by atoms with E-state index in [4.69, 9.17) is 5.73 Å². The van der Waals surface area contributed by atoms with Crippen LogP contribution in [0.15, 0.2) is 18.3 Å². The molecule has 1 aromatic rings. The zero-order valence-electron chi connectivity index (χ0n) is 9.48. The lowest BCUT2D eigenvalue weighted by molar-refractivity contribution is 0.0847. The Morgan fingerprint density at radius 3 is 3.12 bits per heavy atom. The van der Waals surface area contributed by atoms with Crippen LogP contribution in [0.2, 0.25) is 0 Å². The molecule has 1 aromatic heterocycles. The van der Waals surface area contributed by atoms with Gasteiger partial charge in [0.05, 0.1) is 12.2 Å². The fourth-order valence-corrected chi connectivity index (χ4v) is 2.31. The number of H-pyrrole nitrogens is 1. The molecule has 1 saturated heterocycles. The highest BCUT2D eigenvalue weighted by Gasteiger charge is 2.23. The molecule has 0 spiro atoms. The lowest BCUT2D eigenvalue weighted by Gasteiger charge is -2.34. The van der Waals surface area contributed by atoms with Gasteiger partial charge in [0, 0.05) is 18.8 Å². The van der Waals surface area contributed by atoms with E-state index in [1.54, 1.807) is 6.20 Å². The number of aromatic nitrogens is 1. The van der Waals surface area contributed by atoms with Gasteiger partial charge in [-0.05, 0) is 31.5 Å². The molecule has 0 radical (unpaired) electrons. The van der Waals surface area contributed by atoms with Gasteiger partial charge in [0.2, 0.25) is 0 Å². The van der Waals surface area contributed by atoms with Crippen molar-refractivity contribution in [1.82, 2.24) is 9.88 Å². The summed E-state index contributed by atoms with van der Waals surface area (Å²) in [5, 5.41) is 0. The van der Waals surface area contributed by atoms with Crippen molar-refractivity contribution in [2.45, 2.75) is 25.3 Å². The van der Waals surface area contributed by atoms with Gasteiger partial charge in [-0.15, -0.1) is 0 Å². The molecule has 2 heterocycles. The standard InChI is InChI=1S/C12H19N3O/c13-8-10-4-1-2-7-15(10)9-12(16)11-5-3-6-14-11/h3,5-6,10,14H,1-2,4,7-9,13H2/t10-/m1/s1. The Morgan fingerprint density at radius 2 is 2.44 bits per heavy atom. The molecule has 1 fully saturated rings. The third-order valence-corrected chi connectivity index (χ3v) is 3.27. The maximum absolute atomic E-state index is 11.9. The number of piperidine rings is 1. The molecule has 4 heteroatoms. The van der Waals surface area contributed by atoms with Crippen LogP contribution in [0.5, 0.6) is 0 Å². The summed E-state index contributed by atoms with van der Waals surface area (Å²) in [6.45, 7) is 2.13. The fraction of sp³-hybridized carbons (Fsp3) is 0.583. The minimum Gasteiger partial charge on any atom is -0.359 e. The summed E-state index contributed by atoms with van der Waals surface area (Å²) in [5.41, 5.74) is 6.42. The van der Waals surface area contributed by atoms with Gasteiger partial charge in [0.1, 0.15) is 0 Å². The van der Waals surface area contributed by atoms with Gasteiger partial charge in [-0.1, -0.05) is 6.42 Å². The second kappa shape index (κ2) is 5.27. The number of hydrogen-bond acceptors (Lipinski definition) is 3. The molecule has 0 bridgehead atoms. The van der Waals surface area contributed by atoms with Gasteiger partial charge >= 0.3 is 0 Å². The third-order valence-electron chi connectivity index (χ3n) is 3.27. The lowest BCUT2D eigenvalue weighted by Crippen LogP contribution is -2.46. The Kier molecular flexibility index (Phi) is 3.74. The van der Waals surface area contributed by atoms with Gasteiger partial charge in [0.25, 0.3) is 0 Å². The maximum Gasteiger partial charge on any atom is 0.192 e. The Hall–Kier alpha value is -1.13. The highest BCUT2D eigenvalue weighted by Crippen LogP contribution is 2.16. The number of likely N-dealkylation sites (tertiary alicyclic amines) is 1. The highest BCUT2D eigenvalue weighted by molar-refractivity contribution is 5.95. The molecule has 0 aliphatic carbocycles. The van der Waals surface area contributed by atoms with E-state index in [1.807, 2.05) is 12.1 Å². The normalized spacial score (nSPS) is 22.2. The first-order valence-electron chi connectivity index (χ1n) is 5.92. The van der Waals surface area contributed by atoms with Crippen LogP contribution in [0.4, 0.5) is 0 Å². The highest BCUT2D eigenvalue weighted by atomic mass is 16.1. The molecule has 4 nitrogen and oxygen atoms in total. The number of nitrogens with two attached hydrogens (primary N) is 1. The van der Waals surface area contributed by atoms with Gasteiger partial charge in [-0.3, -0.25) is 9.69 Å². The maximum atomic E-state index is 11.9. The minimum absolute atomic E-state index is 0.158. The van der Waals surface area contributed by atoms with Crippen molar-refractivity contribution in [1.29, 1.82) is 0 Å². The average molecular weight is 221 g/mol. The molecule has 0 amide bonds. The van der Waals surface area contributed by atoms with Crippen molar-refractivity contribution in [3.63, 3.8) is 0 Å². The molecule has 2 rings (SSSR count). The number of hydrogen-bond donors (Lipinski definition) is 2. The summed E-state index contributed by atoms with van der Waals surface area (Å²) in [6.07, 6.45) is 5.31. The van der Waals surface area contributed by atoms with E-state index >= 15 is 0 Å². The summed E-state index contributed by atoms with van der Waals surface area (Å²) in [7, 11) is 0. The van der Waals surface area contributed by atoms with E-state index < -0.39 is 0 Å². The first kappa shape index (κ1) is 11.4. The molecule has 0 unspecified atom stereocenters. The fourth-order valence-electron chi connectivity index (χ4n) is 2.31. The SMILES string of the molecule is NC[C@H]1CCCCN1CC(=O)c1ccc[nH]1. The molecule has 1 aliphatic heterocycles. The van der Waals surface area contributed by atoms with Gasteiger partial charge in [-0.2, -0.15) is 0 Å². The molecule has 1 aliphatic rings. The van der Waals surface area contributed by atoms with Crippen molar-refractivity contribution >= 4 is 5.78 Å². The molecular formula is C12H19N3O. The number of nitrogens with zero attached hydrogens (tertiary/aromatic N) is 1. The van der Waals surface area contributed by atoms with Gasteiger partial charge in [-0.25, -0.2) is 0 Å². The zero-order chi connectivity index (χ0) is 11.4. The Morgan fingerprint density at radius 1 is 1.56 bits per heavy atom. The molecular weight excluding hydrogens is 202 g/mol. The summed E-state index contributed by atoms with van der Waals surface area (Å²) in [5.74, 6) is 0.158. The number of ketones is 1. The predicted octanol–water partition coefficient (Wildman–Crippen LogP) is 1.01. The third kappa shape index (κ3) is 2.51. The smallest absolute Gasteiger partial charge is 0.192 e. The van der Waals surface area contributed by atoms with Crippen LogP contribution in [-0.2, 0) is 0 Å². The second-order valence-corrected chi connectivity index (χ2v) is 4.36. The zero-order valence-corrected chi connectivity index (χ0v) is 9.48. The number of aromatic amines is 1. The van der Waals surface area contributed by atoms with Crippen LogP contribution in [0.1, 0.15) is 29.8 Å². The molecule has 0 saturated carbocycles. The molecule has 1 atom stereocenters. The summed E-state index contributed by atoms with van der Waals surface area (Å²) >= 11 is 0. The number of nitrogens with one attached hydrogen (secondary N) is 1. The topological polar surface area (TPSA) is 62.1 Å². The predicted molar refractivity (Wildman–Crippen MR) is 63.4 cm³/mol. The molecule has 88 valence electrons. The van der Waals surface area contributed by atoms with Crippen molar-refractivity contribution in [3.8, 4) is 0 Å². The number of rotatable bonds is 4. The van der Waals surface area contributed by atoms with Crippen molar-refractivity contribution in [2.24, 2.45) is 5.73 Å². The van der Waals surface area contributed by atoms with Crippen LogP contribution in [-0.4, -0.2) is 41.3 Å². The largest absolute Gasteiger partial charge is 0.359 e. The minimum atomic E-state index is 0.158. The number of carbonyl (C=O) groups excluding carboxylic acids is 1. The Bertz CT molecular complexity index is 334. The first-order chi connectivity index (χ1) is 7.81. The summed E-state index contributed by atoms with van der Waals surface area (Å²) < 4.78 is 0. The van der Waals surface area contributed by atoms with Crippen molar-refractivity contribution in [3.05, 3.63) is 24.0 Å². The van der Waals surface area contributed by atoms with E-state index in [0.29, 0.717) is 24.8 Å². The summed E-state index contributed by atoms with van der Waals surface area (Å²) in [4.78, 5) is 17.1. The van der Waals surface area contributed by atoms with Crippen LogP contribution < -0.4 is 5.73 Å². The molecule has 16 heavy (non-hydrogen) atoms. The monoisotopic (exact) mass is 221 g/mol. The molecule has 3 N–H and O–H groups in total. The average Bonchev–Trinajstić information content (AvgIpc) is 2.83. The lowest BCUT2D eigenvalue weighted by atomic mass is 10.0. The number of carbonyl (C=O) groups is 1. The van der Waals surface area contributed by atoms with E-state index in [-0.39, 0.29) is 5.78 Å². The molecule has 0 aromatic carbocycles. The van der Waals surface area contributed by atoms with Crippen molar-refractivity contribution < 1.29 is 4.79 Å². The number of Topliss-reactive ketones (excluding diaryl/α,β-unsaturated/α-hetero) is 1. The van der Waals surface area contributed by atoms with Gasteiger partial charge < -0.3 is 10.7 Å². The Labute approximate surface area is 95.8 Å². The first-order valence-corrected chi connectivity index (χ1v) is 5.92. The van der Waals surface area contributed by atoms with E-state index in [2.05, 4.69) is 9.88 Å². The summed E-state index contributed by atoms with van der Waals surface area (Å²) in [6, 6.07) is 4.06. The quantitative estimate of drug-likeness (QED) is 0.746. The van der Waals surface area contributed by atoms with Crippen LogP contribution in [0, 0.1) is 0 Å². The van der Waals surface area contributed by atoms with Gasteiger partial charge in [0.15, 0.2) is 5.78 Å². The Balaban J connectivity index is 1.95. The van der Waals surface area contributed by atoms with Crippen LogP contribution in [0.25, 0.3) is 0 Å². The van der Waals surface area contributed by atoms with E-state index in [1.165, 1.54) is 12.8 Å². The van der Waals surface area contributed by atoms with Crippen LogP contribution in [0.3, 0.4) is 0 Å². The second-order valence-electron chi connectivity index (χ2n) is 4.36. The van der Waals surface area contributed by atoms with Crippen LogP contribution >= 0.6 is 0 Å². The van der Waals surface area contributed by atoms with Crippen molar-refractivity contribution in [2.75, 3.05) is 19.6 Å².